The van der Waals surface area contributed by atoms with Gasteiger partial charge in [0, 0.05) is 5.39 Å². The van der Waals surface area contributed by atoms with Gasteiger partial charge in [0.25, 0.3) is 10.1 Å². The predicted octanol–water partition coefficient (Wildman–Crippen LogP) is 5.61. The van der Waals surface area contributed by atoms with Crippen LogP contribution in [0.1, 0.15) is 66.7 Å². The summed E-state index contributed by atoms with van der Waals surface area (Å²) in [7, 11) is -4.22. The minimum absolute atomic E-state index is 0. The molecule has 0 heterocycles. The van der Waals surface area contributed by atoms with Crippen molar-refractivity contribution in [3.8, 4) is 0 Å². The molecule has 2 aromatic carbocycles. The molecule has 1 N–H and O–H groups in total. The van der Waals surface area contributed by atoms with E-state index in [4.69, 9.17) is 0 Å². The van der Waals surface area contributed by atoms with Gasteiger partial charge in [0.15, 0.2) is 0 Å². The molecule has 0 aromatic heterocycles. The Morgan fingerprint density at radius 2 is 1.48 bits per heavy atom. The number of aryl methyl sites for hydroxylation is 1. The van der Waals surface area contributed by atoms with Crippen LogP contribution in [-0.2, 0) is 16.5 Å². The van der Waals surface area contributed by atoms with Crippen LogP contribution in [0.5, 0.6) is 0 Å². The molecular formula is C20H30MgO3S. The molecule has 5 heteroatoms. The van der Waals surface area contributed by atoms with E-state index >= 15 is 0 Å². The molecule has 3 nitrogen and oxygen atoms in total. The van der Waals surface area contributed by atoms with E-state index in [1.165, 1.54) is 38.5 Å². The predicted molar refractivity (Wildman–Crippen MR) is 108 cm³/mol. The Labute approximate surface area is 171 Å². The second-order valence-electron chi connectivity index (χ2n) is 6.47. The number of unbranched alkanes of at least 4 members (excludes halogenated alkanes) is 7. The van der Waals surface area contributed by atoms with Crippen LogP contribution in [0.25, 0.3) is 10.8 Å². The Morgan fingerprint density at radius 3 is 2.12 bits per heavy atom. The second kappa shape index (κ2) is 11.2. The fourth-order valence-corrected chi connectivity index (χ4v) is 4.20. The standard InChI is InChI=1S/C20H28O3S.Mg.2H/c1-2-3-4-5-6-7-8-9-13-18-16-15-17-12-10-11-14-19(17)20(18)24(21,22)23;;;/h10-12,14-16H,2-9,13H2,1H3,(H,21,22,23);;;/q;+2;2*-1. The molecular weight excluding hydrogens is 345 g/mol. The topological polar surface area (TPSA) is 54.4 Å². The summed E-state index contributed by atoms with van der Waals surface area (Å²) in [5, 5.41) is 1.45. The van der Waals surface area contributed by atoms with Gasteiger partial charge in [-0.05, 0) is 23.8 Å². The smallest absolute Gasteiger partial charge is 1.00 e. The third kappa shape index (κ3) is 6.89. The molecule has 0 spiro atoms. The van der Waals surface area contributed by atoms with Crippen LogP contribution in [0.2, 0.25) is 0 Å². The normalized spacial score (nSPS) is 11.4. The summed E-state index contributed by atoms with van der Waals surface area (Å²) >= 11 is 0. The van der Waals surface area contributed by atoms with Crippen LogP contribution in [-0.4, -0.2) is 36.0 Å². The number of benzene rings is 2. The zero-order chi connectivity index (χ0) is 17.4. The zero-order valence-corrected chi connectivity index (χ0v) is 17.4. The van der Waals surface area contributed by atoms with Crippen molar-refractivity contribution < 1.29 is 15.8 Å². The van der Waals surface area contributed by atoms with Crippen molar-refractivity contribution >= 4 is 43.9 Å². The minimum Gasteiger partial charge on any atom is -1.00 e. The molecule has 0 saturated heterocycles. The first-order valence-electron chi connectivity index (χ1n) is 9.02. The largest absolute Gasteiger partial charge is 2.00 e. The molecule has 0 aliphatic carbocycles. The Hall–Kier alpha value is -0.624. The minimum atomic E-state index is -4.22. The maximum absolute atomic E-state index is 11.9. The summed E-state index contributed by atoms with van der Waals surface area (Å²) < 4.78 is 33.4. The van der Waals surface area contributed by atoms with E-state index < -0.39 is 10.1 Å². The van der Waals surface area contributed by atoms with Gasteiger partial charge in [0.05, 0.1) is 0 Å². The number of rotatable bonds is 10. The van der Waals surface area contributed by atoms with Crippen molar-refractivity contribution in [2.75, 3.05) is 0 Å². The van der Waals surface area contributed by atoms with Gasteiger partial charge in [0.1, 0.15) is 4.90 Å². The average molecular weight is 375 g/mol. The van der Waals surface area contributed by atoms with Gasteiger partial charge in [-0.3, -0.25) is 4.55 Å². The molecule has 25 heavy (non-hydrogen) atoms. The molecule has 136 valence electrons. The van der Waals surface area contributed by atoms with Gasteiger partial charge in [0.2, 0.25) is 0 Å². The SMILES string of the molecule is CCCCCCCCCCc1ccc2ccccc2c1S(=O)(=O)O.[H-].[H-].[Mg+2]. The number of hydrogen-bond acceptors (Lipinski definition) is 2. The first-order valence-corrected chi connectivity index (χ1v) is 10.5. The van der Waals surface area contributed by atoms with Crippen molar-refractivity contribution in [1.29, 1.82) is 0 Å². The molecule has 0 fully saturated rings. The van der Waals surface area contributed by atoms with Crippen molar-refractivity contribution in [3.05, 3.63) is 42.0 Å². The van der Waals surface area contributed by atoms with Gasteiger partial charge in [-0.25, -0.2) is 0 Å². The zero-order valence-electron chi connectivity index (χ0n) is 17.2. The fraction of sp³-hybridized carbons (Fsp3) is 0.500. The van der Waals surface area contributed by atoms with Crippen LogP contribution < -0.4 is 0 Å². The van der Waals surface area contributed by atoms with E-state index in [0.717, 1.165) is 23.8 Å². The molecule has 0 radical (unpaired) electrons. The van der Waals surface area contributed by atoms with Crippen molar-refractivity contribution in [2.24, 2.45) is 0 Å². The molecule has 0 saturated carbocycles. The van der Waals surface area contributed by atoms with Gasteiger partial charge in [-0.15, -0.1) is 0 Å². The van der Waals surface area contributed by atoms with Crippen molar-refractivity contribution in [3.63, 3.8) is 0 Å². The third-order valence-corrected chi connectivity index (χ3v) is 5.52. The van der Waals surface area contributed by atoms with Gasteiger partial charge < -0.3 is 2.85 Å². The summed E-state index contributed by atoms with van der Waals surface area (Å²) in [5.41, 5.74) is 0.724. The fourth-order valence-electron chi connectivity index (χ4n) is 3.24. The van der Waals surface area contributed by atoms with Crippen LogP contribution in [0, 0.1) is 0 Å². The molecule has 0 unspecified atom stereocenters. The molecule has 0 amide bonds. The average Bonchev–Trinajstić information content (AvgIpc) is 2.55. The first kappa shape index (κ1) is 22.4. The van der Waals surface area contributed by atoms with E-state index in [1.807, 2.05) is 24.3 Å². The number of fused-ring (bicyclic) bond motifs is 1. The van der Waals surface area contributed by atoms with Gasteiger partial charge in [-0.1, -0.05) is 88.3 Å². The van der Waals surface area contributed by atoms with Crippen molar-refractivity contribution in [2.45, 2.75) is 69.6 Å². The maximum Gasteiger partial charge on any atom is 2.00 e. The molecule has 2 rings (SSSR count). The molecule has 0 aliphatic heterocycles. The van der Waals surface area contributed by atoms with Crippen LogP contribution in [0.15, 0.2) is 41.3 Å². The third-order valence-electron chi connectivity index (χ3n) is 4.52. The Kier molecular flexibility index (Phi) is 10.0. The van der Waals surface area contributed by atoms with E-state index in [2.05, 4.69) is 6.92 Å². The van der Waals surface area contributed by atoms with Gasteiger partial charge in [-0.2, -0.15) is 8.42 Å². The molecule has 2 aromatic rings. The summed E-state index contributed by atoms with van der Waals surface area (Å²) in [4.78, 5) is 0.0866. The van der Waals surface area contributed by atoms with Crippen molar-refractivity contribution in [1.82, 2.24) is 0 Å². The second-order valence-corrected chi connectivity index (χ2v) is 7.83. The molecule has 0 bridgehead atoms. The Bertz CT molecular complexity index is 767. The monoisotopic (exact) mass is 374 g/mol. The van der Waals surface area contributed by atoms with E-state index in [-0.39, 0.29) is 30.8 Å². The molecule has 0 atom stereocenters. The molecule has 0 aliphatic rings. The van der Waals surface area contributed by atoms with Crippen LogP contribution >= 0.6 is 0 Å². The van der Waals surface area contributed by atoms with Crippen LogP contribution in [0.3, 0.4) is 0 Å². The Morgan fingerprint density at radius 1 is 0.880 bits per heavy atom. The van der Waals surface area contributed by atoms with E-state index in [1.54, 1.807) is 12.1 Å². The summed E-state index contributed by atoms with van der Waals surface area (Å²) in [6, 6.07) is 11.1. The Balaban J connectivity index is 0. The summed E-state index contributed by atoms with van der Waals surface area (Å²) in [6.45, 7) is 2.22. The van der Waals surface area contributed by atoms with Crippen LogP contribution in [0.4, 0.5) is 0 Å². The number of hydrogen-bond donors (Lipinski definition) is 1. The first-order chi connectivity index (χ1) is 11.5. The van der Waals surface area contributed by atoms with Gasteiger partial charge >= 0.3 is 23.1 Å². The summed E-state index contributed by atoms with van der Waals surface area (Å²) in [6.07, 6.45) is 10.4. The maximum atomic E-state index is 11.9. The van der Waals surface area contributed by atoms with E-state index in [9.17, 15) is 13.0 Å². The van der Waals surface area contributed by atoms with E-state index in [0.29, 0.717) is 11.8 Å². The summed E-state index contributed by atoms with van der Waals surface area (Å²) in [5.74, 6) is 0. The quantitative estimate of drug-likeness (QED) is 0.334.